The molecule has 0 saturated heterocycles. The normalized spacial score (nSPS) is 14.1. The van der Waals surface area contributed by atoms with E-state index in [0.29, 0.717) is 42.1 Å². The monoisotopic (exact) mass is 527 g/mol. The lowest BCUT2D eigenvalue weighted by Gasteiger charge is -2.18. The van der Waals surface area contributed by atoms with Crippen molar-refractivity contribution in [2.45, 2.75) is 38.8 Å². The molecule has 2 aromatic carbocycles. The smallest absolute Gasteiger partial charge is 0.240 e. The van der Waals surface area contributed by atoms with Crippen LogP contribution in [-0.2, 0) is 14.3 Å². The quantitative estimate of drug-likeness (QED) is 0.235. The van der Waals surface area contributed by atoms with Gasteiger partial charge in [0.25, 0.3) is 0 Å². The second-order valence-electron chi connectivity index (χ2n) is 9.83. The second-order valence-corrected chi connectivity index (χ2v) is 9.83. The van der Waals surface area contributed by atoms with Gasteiger partial charge in [0.2, 0.25) is 11.8 Å². The number of fused-ring (bicyclic) bond motifs is 1. The average molecular weight is 528 g/mol. The molecule has 3 aromatic rings. The van der Waals surface area contributed by atoms with Crippen LogP contribution in [0.5, 0.6) is 5.75 Å². The highest BCUT2D eigenvalue weighted by Crippen LogP contribution is 2.47. The largest absolute Gasteiger partial charge is 0.491 e. The summed E-state index contributed by atoms with van der Waals surface area (Å²) in [5.41, 5.74) is -1.03. The van der Waals surface area contributed by atoms with Gasteiger partial charge >= 0.3 is 0 Å². The summed E-state index contributed by atoms with van der Waals surface area (Å²) in [5.74, 6) is -0.710. The van der Waals surface area contributed by atoms with Crippen molar-refractivity contribution in [3.63, 3.8) is 0 Å². The molecule has 38 heavy (non-hydrogen) atoms. The zero-order valence-electron chi connectivity index (χ0n) is 21.6. The van der Waals surface area contributed by atoms with Gasteiger partial charge in [-0.2, -0.15) is 0 Å². The number of carbonyl (C=O) groups is 2. The van der Waals surface area contributed by atoms with Crippen LogP contribution in [-0.4, -0.2) is 54.3 Å². The van der Waals surface area contributed by atoms with Crippen molar-refractivity contribution in [3.8, 4) is 5.75 Å². The van der Waals surface area contributed by atoms with Crippen LogP contribution >= 0.6 is 0 Å². The summed E-state index contributed by atoms with van der Waals surface area (Å²) in [6.07, 6.45) is 2.37. The number of nitrogens with zero attached hydrogens (tertiary/aromatic N) is 2. The maximum atomic E-state index is 14.9. The number of halogens is 2. The summed E-state index contributed by atoms with van der Waals surface area (Å²) < 4.78 is 39.0. The van der Waals surface area contributed by atoms with Gasteiger partial charge < -0.3 is 25.4 Å². The van der Waals surface area contributed by atoms with Crippen LogP contribution in [0, 0.1) is 11.2 Å². The third-order valence-corrected chi connectivity index (χ3v) is 6.25. The van der Waals surface area contributed by atoms with Gasteiger partial charge in [-0.15, -0.1) is 0 Å². The van der Waals surface area contributed by atoms with Crippen LogP contribution < -0.4 is 20.7 Å². The maximum absolute atomic E-state index is 14.9. The highest BCUT2D eigenvalue weighted by Gasteiger charge is 2.56. The maximum Gasteiger partial charge on any atom is 0.240 e. The van der Waals surface area contributed by atoms with Crippen molar-refractivity contribution in [1.82, 2.24) is 15.3 Å². The molecule has 1 fully saturated rings. The fourth-order valence-corrected chi connectivity index (χ4v) is 3.89. The van der Waals surface area contributed by atoms with Gasteiger partial charge in [-0.3, -0.25) is 9.59 Å². The van der Waals surface area contributed by atoms with Crippen molar-refractivity contribution >= 4 is 39.9 Å². The Morgan fingerprint density at radius 3 is 2.42 bits per heavy atom. The SMILES string of the molecule is COCCOc1cc(F)c2c(Nc3ccc(NC(=O)C4(C(=O)NCCC(C)(C)F)CC4)cc3)ncnc2c1. The summed E-state index contributed by atoms with van der Waals surface area (Å²) in [6, 6.07) is 9.64. The number of methoxy groups -OCH3 is 1. The molecule has 202 valence electrons. The Labute approximate surface area is 219 Å². The Morgan fingerprint density at radius 1 is 1.05 bits per heavy atom. The second kappa shape index (κ2) is 11.3. The lowest BCUT2D eigenvalue weighted by molar-refractivity contribution is -0.134. The number of alkyl halides is 1. The summed E-state index contributed by atoms with van der Waals surface area (Å²) >= 11 is 0. The molecule has 0 bridgehead atoms. The van der Waals surface area contributed by atoms with E-state index >= 15 is 0 Å². The van der Waals surface area contributed by atoms with E-state index in [2.05, 4.69) is 25.9 Å². The van der Waals surface area contributed by atoms with E-state index in [-0.39, 0.29) is 36.7 Å². The van der Waals surface area contributed by atoms with Gasteiger partial charge in [0.05, 0.1) is 17.5 Å². The molecule has 1 aromatic heterocycles. The van der Waals surface area contributed by atoms with Crippen molar-refractivity contribution in [2.24, 2.45) is 5.41 Å². The molecule has 1 saturated carbocycles. The van der Waals surface area contributed by atoms with Crippen LogP contribution in [0.25, 0.3) is 10.9 Å². The number of rotatable bonds is 12. The zero-order chi connectivity index (χ0) is 27.3. The summed E-state index contributed by atoms with van der Waals surface area (Å²) in [6.45, 7) is 3.71. The number of aromatic nitrogens is 2. The first-order chi connectivity index (χ1) is 18.1. The average Bonchev–Trinajstić information content (AvgIpc) is 3.67. The number of benzene rings is 2. The molecular weight excluding hydrogens is 496 g/mol. The molecule has 9 nitrogen and oxygen atoms in total. The van der Waals surface area contributed by atoms with E-state index in [0.717, 1.165) is 0 Å². The van der Waals surface area contributed by atoms with E-state index < -0.39 is 22.8 Å². The van der Waals surface area contributed by atoms with Gasteiger partial charge in [-0.1, -0.05) is 0 Å². The molecule has 0 atom stereocenters. The predicted octanol–water partition coefficient (Wildman–Crippen LogP) is 4.51. The lowest BCUT2D eigenvalue weighted by atomic mass is 10.0. The number of carbonyl (C=O) groups excluding carboxylic acids is 2. The molecule has 0 unspecified atom stereocenters. The van der Waals surface area contributed by atoms with Gasteiger partial charge in [-0.05, 0) is 57.4 Å². The van der Waals surface area contributed by atoms with Crippen LogP contribution in [0.2, 0.25) is 0 Å². The van der Waals surface area contributed by atoms with Crippen LogP contribution in [0.15, 0.2) is 42.7 Å². The van der Waals surface area contributed by atoms with E-state index in [1.807, 2.05) is 0 Å². The predicted molar refractivity (Wildman–Crippen MR) is 140 cm³/mol. The fraction of sp³-hybridized carbons (Fsp3) is 0.407. The molecule has 1 aliphatic rings. The molecule has 0 aliphatic heterocycles. The molecule has 0 radical (unpaired) electrons. The Balaban J connectivity index is 1.40. The molecule has 1 aliphatic carbocycles. The first-order valence-corrected chi connectivity index (χ1v) is 12.3. The van der Waals surface area contributed by atoms with Gasteiger partial charge in [0, 0.05) is 37.2 Å². The first kappa shape index (κ1) is 27.2. The standard InChI is InChI=1S/C27H31F2N5O4/c1-26(2,29)10-11-30-24(35)27(8-9-27)25(36)34-18-6-4-17(5-7-18)33-23-22-20(28)14-19(38-13-12-37-3)15-21(22)31-16-32-23/h4-7,14-16H,8-13H2,1-3H3,(H,30,35)(H,34,36)(H,31,32,33). The molecule has 4 rings (SSSR count). The number of amides is 2. The van der Waals surface area contributed by atoms with Crippen LogP contribution in [0.3, 0.4) is 0 Å². The summed E-state index contributed by atoms with van der Waals surface area (Å²) in [5, 5.41) is 8.74. The van der Waals surface area contributed by atoms with Crippen LogP contribution in [0.4, 0.5) is 26.0 Å². The Kier molecular flexibility index (Phi) is 8.05. The minimum atomic E-state index is -1.40. The van der Waals surface area contributed by atoms with E-state index in [1.54, 1.807) is 37.4 Å². The highest BCUT2D eigenvalue weighted by atomic mass is 19.1. The molecule has 1 heterocycles. The fourth-order valence-electron chi connectivity index (χ4n) is 3.89. The topological polar surface area (TPSA) is 114 Å². The number of hydrogen-bond donors (Lipinski definition) is 3. The van der Waals surface area contributed by atoms with Crippen molar-refractivity contribution in [2.75, 3.05) is 37.5 Å². The van der Waals surface area contributed by atoms with Gasteiger partial charge in [-0.25, -0.2) is 18.7 Å². The Morgan fingerprint density at radius 2 is 1.76 bits per heavy atom. The Bertz CT molecular complexity index is 1310. The Hall–Kier alpha value is -3.86. The summed E-state index contributed by atoms with van der Waals surface area (Å²) in [4.78, 5) is 33.7. The molecule has 0 spiro atoms. The molecular formula is C27H31F2N5O4. The molecule has 3 N–H and O–H groups in total. The van der Waals surface area contributed by atoms with E-state index in [4.69, 9.17) is 9.47 Å². The van der Waals surface area contributed by atoms with E-state index in [9.17, 15) is 18.4 Å². The minimum absolute atomic E-state index is 0.165. The van der Waals surface area contributed by atoms with Crippen molar-refractivity contribution in [3.05, 3.63) is 48.5 Å². The highest BCUT2D eigenvalue weighted by molar-refractivity contribution is 6.13. The third kappa shape index (κ3) is 6.52. The third-order valence-electron chi connectivity index (χ3n) is 6.25. The van der Waals surface area contributed by atoms with Crippen molar-refractivity contribution in [1.29, 1.82) is 0 Å². The van der Waals surface area contributed by atoms with E-state index in [1.165, 1.54) is 26.2 Å². The number of anilines is 3. The van der Waals surface area contributed by atoms with Crippen LogP contribution in [0.1, 0.15) is 33.1 Å². The number of ether oxygens (including phenoxy) is 2. The molecule has 2 amide bonds. The minimum Gasteiger partial charge on any atom is -0.491 e. The van der Waals surface area contributed by atoms with Gasteiger partial charge in [0.15, 0.2) is 0 Å². The number of nitrogens with one attached hydrogen (secondary N) is 3. The molecule has 11 heteroatoms. The zero-order valence-corrected chi connectivity index (χ0v) is 21.6. The van der Waals surface area contributed by atoms with Crippen molar-refractivity contribution < 1.29 is 27.8 Å². The first-order valence-electron chi connectivity index (χ1n) is 12.3. The number of hydrogen-bond acceptors (Lipinski definition) is 7. The van der Waals surface area contributed by atoms with Gasteiger partial charge in [0.1, 0.15) is 41.4 Å². The summed E-state index contributed by atoms with van der Waals surface area (Å²) in [7, 11) is 1.55. The lowest BCUT2D eigenvalue weighted by Crippen LogP contribution is -2.41.